The van der Waals surface area contributed by atoms with Gasteiger partial charge in [0.15, 0.2) is 5.84 Å². The number of amidine groups is 1. The normalized spacial score (nSPS) is 18.8. The third kappa shape index (κ3) is 3.98. The number of nitrogens with zero attached hydrogens (tertiary/aromatic N) is 4. The van der Waals surface area contributed by atoms with Gasteiger partial charge < -0.3 is 15.8 Å². The van der Waals surface area contributed by atoms with E-state index in [1.165, 1.54) is 0 Å². The minimum absolute atomic E-state index is 0.0142. The molecule has 0 radical (unpaired) electrons. The molecule has 116 valence electrons. The fourth-order valence-corrected chi connectivity index (χ4v) is 2.79. The first-order valence-electron chi connectivity index (χ1n) is 7.23. The zero-order chi connectivity index (χ0) is 15.2. The smallest absolute Gasteiger partial charge is 0.156 e. The van der Waals surface area contributed by atoms with E-state index in [0.717, 1.165) is 44.8 Å². The lowest BCUT2D eigenvalue weighted by Gasteiger charge is -2.39. The van der Waals surface area contributed by atoms with Crippen molar-refractivity contribution in [3.8, 4) is 0 Å². The van der Waals surface area contributed by atoms with Crippen LogP contribution in [-0.2, 0) is 0 Å². The third-order valence-electron chi connectivity index (χ3n) is 3.81. The van der Waals surface area contributed by atoms with Gasteiger partial charge in [0, 0.05) is 32.4 Å². The van der Waals surface area contributed by atoms with Gasteiger partial charge in [-0.05, 0) is 18.6 Å². The minimum Gasteiger partial charge on any atom is -0.409 e. The highest BCUT2D eigenvalue weighted by molar-refractivity contribution is 6.30. The molecule has 0 aromatic carbocycles. The van der Waals surface area contributed by atoms with Crippen LogP contribution >= 0.6 is 11.6 Å². The van der Waals surface area contributed by atoms with Crippen molar-refractivity contribution in [3.63, 3.8) is 0 Å². The van der Waals surface area contributed by atoms with Crippen LogP contribution in [0.5, 0.6) is 0 Å². The van der Waals surface area contributed by atoms with E-state index in [4.69, 9.17) is 22.5 Å². The van der Waals surface area contributed by atoms with Crippen molar-refractivity contribution in [1.82, 2.24) is 9.88 Å². The van der Waals surface area contributed by atoms with E-state index < -0.39 is 0 Å². The lowest BCUT2D eigenvalue weighted by atomic mass is 10.1. The van der Waals surface area contributed by atoms with Crippen LogP contribution in [0.1, 0.15) is 19.8 Å². The van der Waals surface area contributed by atoms with Gasteiger partial charge in [-0.1, -0.05) is 30.1 Å². The first-order valence-corrected chi connectivity index (χ1v) is 7.61. The second kappa shape index (κ2) is 7.47. The average molecular weight is 312 g/mol. The maximum absolute atomic E-state index is 8.92. The minimum atomic E-state index is 0.0142. The summed E-state index contributed by atoms with van der Waals surface area (Å²) in [5, 5.41) is 12.7. The Bertz CT molecular complexity index is 471. The fraction of sp³-hybridized carbons (Fsp3) is 0.571. The number of oxime groups is 1. The van der Waals surface area contributed by atoms with Gasteiger partial charge in [-0.2, -0.15) is 0 Å². The molecule has 21 heavy (non-hydrogen) atoms. The number of anilines is 1. The highest BCUT2D eigenvalue weighted by Gasteiger charge is 2.26. The van der Waals surface area contributed by atoms with Crippen molar-refractivity contribution in [2.24, 2.45) is 10.9 Å². The van der Waals surface area contributed by atoms with Crippen LogP contribution in [0.15, 0.2) is 23.5 Å². The number of halogens is 1. The van der Waals surface area contributed by atoms with E-state index in [1.54, 1.807) is 6.20 Å². The van der Waals surface area contributed by atoms with E-state index >= 15 is 0 Å². The third-order valence-corrected chi connectivity index (χ3v) is 4.03. The molecule has 0 saturated carbocycles. The van der Waals surface area contributed by atoms with Gasteiger partial charge in [-0.25, -0.2) is 4.98 Å². The van der Waals surface area contributed by atoms with Gasteiger partial charge in [-0.3, -0.25) is 4.90 Å². The summed E-state index contributed by atoms with van der Waals surface area (Å²) in [5.74, 6) is 1.24. The molecule has 0 amide bonds. The highest BCUT2D eigenvalue weighted by atomic mass is 35.5. The Kier molecular flexibility index (Phi) is 5.64. The van der Waals surface area contributed by atoms with Gasteiger partial charge >= 0.3 is 0 Å². The predicted octanol–water partition coefficient (Wildman–Crippen LogP) is 1.77. The van der Waals surface area contributed by atoms with Gasteiger partial charge in [-0.15, -0.1) is 0 Å². The Morgan fingerprint density at radius 3 is 2.67 bits per heavy atom. The summed E-state index contributed by atoms with van der Waals surface area (Å²) in [5.41, 5.74) is 5.81. The number of rotatable bonds is 5. The second-order valence-electron chi connectivity index (χ2n) is 5.19. The van der Waals surface area contributed by atoms with Gasteiger partial charge in [0.1, 0.15) is 5.82 Å². The van der Waals surface area contributed by atoms with E-state index in [1.807, 2.05) is 12.1 Å². The quantitative estimate of drug-likeness (QED) is 0.375. The first kappa shape index (κ1) is 15.9. The van der Waals surface area contributed by atoms with Crippen molar-refractivity contribution in [2.75, 3.05) is 31.1 Å². The molecule has 1 aromatic rings. The molecule has 1 atom stereocenters. The Labute approximate surface area is 130 Å². The first-order chi connectivity index (χ1) is 10.2. The Hall–Kier alpha value is -1.53. The molecule has 1 aliphatic rings. The summed E-state index contributed by atoms with van der Waals surface area (Å²) in [6.07, 6.45) is 3.56. The van der Waals surface area contributed by atoms with Gasteiger partial charge in [0.2, 0.25) is 0 Å². The Morgan fingerprint density at radius 1 is 1.43 bits per heavy atom. The molecule has 1 fully saturated rings. The second-order valence-corrected chi connectivity index (χ2v) is 5.62. The van der Waals surface area contributed by atoms with E-state index in [-0.39, 0.29) is 6.04 Å². The fourth-order valence-electron chi connectivity index (χ4n) is 2.68. The molecule has 3 N–H and O–H groups in total. The molecule has 1 aliphatic heterocycles. The molecule has 2 rings (SSSR count). The molecule has 0 aliphatic carbocycles. The van der Waals surface area contributed by atoms with E-state index in [2.05, 4.69) is 26.9 Å². The van der Waals surface area contributed by atoms with Crippen LogP contribution in [0.4, 0.5) is 5.82 Å². The van der Waals surface area contributed by atoms with Crippen molar-refractivity contribution in [3.05, 3.63) is 23.4 Å². The number of aromatic nitrogens is 1. The number of nitrogens with two attached hydrogens (primary N) is 1. The van der Waals surface area contributed by atoms with Crippen LogP contribution in [0.3, 0.4) is 0 Å². The van der Waals surface area contributed by atoms with E-state index in [9.17, 15) is 0 Å². The molecule has 7 heteroatoms. The van der Waals surface area contributed by atoms with Crippen molar-refractivity contribution >= 4 is 23.3 Å². The molecule has 0 bridgehead atoms. The number of hydrogen-bond acceptors (Lipinski definition) is 5. The summed E-state index contributed by atoms with van der Waals surface area (Å²) in [4.78, 5) is 8.84. The highest BCUT2D eigenvalue weighted by Crippen LogP contribution is 2.18. The Balaban J connectivity index is 1.97. The molecular formula is C14H22ClN5O. The number of pyridine rings is 1. The topological polar surface area (TPSA) is 78.0 Å². The van der Waals surface area contributed by atoms with Crippen LogP contribution in [0.25, 0.3) is 0 Å². The monoisotopic (exact) mass is 311 g/mol. The summed E-state index contributed by atoms with van der Waals surface area (Å²) >= 11 is 5.86. The zero-order valence-corrected chi connectivity index (χ0v) is 13.0. The molecule has 2 heterocycles. The summed E-state index contributed by atoms with van der Waals surface area (Å²) in [6.45, 7) is 5.57. The van der Waals surface area contributed by atoms with Crippen LogP contribution in [0.2, 0.25) is 5.02 Å². The predicted molar refractivity (Wildman–Crippen MR) is 85.1 cm³/mol. The summed E-state index contributed by atoms with van der Waals surface area (Å²) < 4.78 is 0. The maximum atomic E-state index is 8.92. The van der Waals surface area contributed by atoms with Crippen LogP contribution in [0, 0.1) is 0 Å². The summed E-state index contributed by atoms with van der Waals surface area (Å²) in [7, 11) is 0. The van der Waals surface area contributed by atoms with Crippen molar-refractivity contribution < 1.29 is 5.21 Å². The number of piperazine rings is 1. The SMILES string of the molecule is CCCC(C(N)=NO)N1CCN(c2ccc(Cl)cn2)CC1. The summed E-state index contributed by atoms with van der Waals surface area (Å²) in [6, 6.07) is 3.80. The molecule has 1 saturated heterocycles. The number of hydrogen-bond donors (Lipinski definition) is 2. The van der Waals surface area contributed by atoms with Gasteiger partial charge in [0.25, 0.3) is 0 Å². The Morgan fingerprint density at radius 2 is 2.14 bits per heavy atom. The molecular weight excluding hydrogens is 290 g/mol. The standard InChI is InChI=1S/C14H22ClN5O/c1-2-3-12(14(16)18-21)19-6-8-20(9-7-19)13-5-4-11(15)10-17-13/h4-5,10,12,21H,2-3,6-9H2,1H3,(H2,16,18). The van der Waals surface area contributed by atoms with E-state index in [0.29, 0.717) is 10.9 Å². The zero-order valence-electron chi connectivity index (χ0n) is 12.2. The van der Waals surface area contributed by atoms with Crippen molar-refractivity contribution in [2.45, 2.75) is 25.8 Å². The average Bonchev–Trinajstić information content (AvgIpc) is 2.53. The molecule has 6 nitrogen and oxygen atoms in total. The molecule has 1 unspecified atom stereocenters. The molecule has 1 aromatic heterocycles. The maximum Gasteiger partial charge on any atom is 0.156 e. The lowest BCUT2D eigenvalue weighted by Crippen LogP contribution is -2.54. The van der Waals surface area contributed by atoms with Crippen molar-refractivity contribution in [1.29, 1.82) is 0 Å². The lowest BCUT2D eigenvalue weighted by molar-refractivity contribution is 0.211. The van der Waals surface area contributed by atoms with Crippen LogP contribution in [-0.4, -0.2) is 53.1 Å². The van der Waals surface area contributed by atoms with Gasteiger partial charge in [0.05, 0.1) is 11.1 Å². The molecule has 0 spiro atoms. The van der Waals surface area contributed by atoms with Crippen LogP contribution < -0.4 is 10.6 Å². The largest absolute Gasteiger partial charge is 0.409 e.